The van der Waals surface area contributed by atoms with E-state index in [0.717, 1.165) is 50.5 Å². The van der Waals surface area contributed by atoms with Gasteiger partial charge in [-0.15, -0.1) is 0 Å². The number of aromatic nitrogens is 1. The highest BCUT2D eigenvalue weighted by Crippen LogP contribution is 2.21. The molecule has 156 valence electrons. The maximum absolute atomic E-state index is 13.0. The predicted molar refractivity (Wildman–Crippen MR) is 120 cm³/mol. The van der Waals surface area contributed by atoms with Crippen LogP contribution in [0.4, 0.5) is 10.1 Å². The molecule has 2 aromatic carbocycles. The normalized spacial score (nSPS) is 14.5. The van der Waals surface area contributed by atoms with Gasteiger partial charge >= 0.3 is 0 Å². The van der Waals surface area contributed by atoms with Crippen molar-refractivity contribution < 1.29 is 9.13 Å². The molecule has 5 heteroatoms. The minimum Gasteiger partial charge on any atom is -0.381 e. The van der Waals surface area contributed by atoms with Gasteiger partial charge in [-0.2, -0.15) is 0 Å². The molecule has 0 unspecified atom stereocenters. The maximum atomic E-state index is 13.0. The van der Waals surface area contributed by atoms with E-state index in [1.54, 1.807) is 12.1 Å². The van der Waals surface area contributed by atoms with Crippen molar-refractivity contribution in [3.63, 3.8) is 0 Å². The molecular weight excluding hydrogens is 377 g/mol. The third-order valence-corrected chi connectivity index (χ3v) is 5.54. The molecule has 1 aliphatic heterocycles. The van der Waals surface area contributed by atoms with Crippen LogP contribution >= 0.6 is 0 Å². The summed E-state index contributed by atoms with van der Waals surface area (Å²) in [4.78, 5) is 0. The van der Waals surface area contributed by atoms with E-state index in [0.29, 0.717) is 12.6 Å². The number of nitrogens with one attached hydrogen (secondary N) is 2. The summed E-state index contributed by atoms with van der Waals surface area (Å²) in [6.45, 7) is 6.11. The summed E-state index contributed by atoms with van der Waals surface area (Å²) < 4.78 is 20.7. The van der Waals surface area contributed by atoms with Crippen LogP contribution in [-0.2, 0) is 17.8 Å². The Kier molecular flexibility index (Phi) is 6.68. The van der Waals surface area contributed by atoms with Crippen molar-refractivity contribution in [1.82, 2.24) is 9.88 Å². The lowest BCUT2D eigenvalue weighted by atomic mass is 10.1. The van der Waals surface area contributed by atoms with Crippen LogP contribution in [0.5, 0.6) is 0 Å². The van der Waals surface area contributed by atoms with Crippen molar-refractivity contribution in [3.8, 4) is 11.8 Å². The van der Waals surface area contributed by atoms with E-state index in [9.17, 15) is 4.39 Å². The molecule has 4 rings (SSSR count). The molecule has 1 aromatic heterocycles. The van der Waals surface area contributed by atoms with Gasteiger partial charge in [0.25, 0.3) is 0 Å². The van der Waals surface area contributed by atoms with Crippen molar-refractivity contribution in [2.45, 2.75) is 38.9 Å². The number of benzene rings is 2. The van der Waals surface area contributed by atoms with E-state index in [-0.39, 0.29) is 5.82 Å². The first-order valence-corrected chi connectivity index (χ1v) is 10.6. The van der Waals surface area contributed by atoms with Gasteiger partial charge in [0.1, 0.15) is 5.82 Å². The Balaban J connectivity index is 1.43. The largest absolute Gasteiger partial charge is 0.381 e. The molecule has 0 saturated carbocycles. The van der Waals surface area contributed by atoms with Crippen molar-refractivity contribution in [3.05, 3.63) is 65.6 Å². The molecule has 0 atom stereocenters. The topological polar surface area (TPSA) is 38.2 Å². The molecule has 1 saturated heterocycles. The summed E-state index contributed by atoms with van der Waals surface area (Å²) in [6, 6.07) is 15.7. The van der Waals surface area contributed by atoms with Crippen LogP contribution in [0.15, 0.2) is 48.5 Å². The number of ether oxygens (including phenoxy) is 1. The Morgan fingerprint density at radius 2 is 1.90 bits per heavy atom. The first-order chi connectivity index (χ1) is 14.7. The van der Waals surface area contributed by atoms with E-state index in [4.69, 9.17) is 4.74 Å². The van der Waals surface area contributed by atoms with Crippen LogP contribution in [-0.4, -0.2) is 30.4 Å². The summed E-state index contributed by atoms with van der Waals surface area (Å²) in [7, 11) is 0. The summed E-state index contributed by atoms with van der Waals surface area (Å²) in [5, 5.41) is 8.08. The van der Waals surface area contributed by atoms with Crippen molar-refractivity contribution in [2.75, 3.05) is 25.1 Å². The van der Waals surface area contributed by atoms with Crippen LogP contribution < -0.4 is 10.6 Å². The Labute approximate surface area is 177 Å². The monoisotopic (exact) mass is 405 g/mol. The van der Waals surface area contributed by atoms with Gasteiger partial charge in [0.15, 0.2) is 0 Å². The standard InChI is InChI=1S/C25H28FN3O/c1-2-29-24(4-3-13-27-22-8-6-21(26)7-9-22)17-20-16-19(5-10-25(20)29)18-28-23-11-14-30-15-12-23/h5-10,16-17,23,27-28H,2,11-15,18H2,1H3. The smallest absolute Gasteiger partial charge is 0.123 e. The fourth-order valence-electron chi connectivity index (χ4n) is 3.89. The summed E-state index contributed by atoms with van der Waals surface area (Å²) in [5.74, 6) is 6.23. The van der Waals surface area contributed by atoms with Gasteiger partial charge in [0.05, 0.1) is 12.2 Å². The maximum Gasteiger partial charge on any atom is 0.123 e. The van der Waals surface area contributed by atoms with E-state index >= 15 is 0 Å². The van der Waals surface area contributed by atoms with E-state index in [1.807, 2.05) is 0 Å². The number of hydrogen-bond donors (Lipinski definition) is 2. The number of fused-ring (bicyclic) bond motifs is 1. The van der Waals surface area contributed by atoms with Gasteiger partial charge in [-0.05, 0) is 73.7 Å². The van der Waals surface area contributed by atoms with Gasteiger partial charge in [-0.1, -0.05) is 12.0 Å². The number of rotatable bonds is 6. The number of hydrogen-bond acceptors (Lipinski definition) is 3. The number of nitrogens with zero attached hydrogens (tertiary/aromatic N) is 1. The molecule has 0 bridgehead atoms. The SMILES string of the molecule is CCn1c(C#CCNc2ccc(F)cc2)cc2cc(CNC3CCOCC3)ccc21. The van der Waals surface area contributed by atoms with Crippen LogP contribution in [0, 0.1) is 17.7 Å². The molecule has 2 N–H and O–H groups in total. The molecule has 2 heterocycles. The molecule has 4 nitrogen and oxygen atoms in total. The zero-order valence-electron chi connectivity index (χ0n) is 17.4. The van der Waals surface area contributed by atoms with Gasteiger partial charge in [-0.25, -0.2) is 4.39 Å². The zero-order chi connectivity index (χ0) is 20.8. The summed E-state index contributed by atoms with van der Waals surface area (Å²) in [6.07, 6.45) is 2.17. The first-order valence-electron chi connectivity index (χ1n) is 10.6. The molecule has 1 aliphatic rings. The lowest BCUT2D eigenvalue weighted by Crippen LogP contribution is -2.34. The minimum atomic E-state index is -0.235. The van der Waals surface area contributed by atoms with Gasteiger partial charge in [0, 0.05) is 48.9 Å². The number of halogens is 1. The fourth-order valence-corrected chi connectivity index (χ4v) is 3.89. The van der Waals surface area contributed by atoms with E-state index in [2.05, 4.69) is 58.2 Å². The lowest BCUT2D eigenvalue weighted by molar-refractivity contribution is 0.0776. The Morgan fingerprint density at radius 1 is 1.10 bits per heavy atom. The fraction of sp³-hybridized carbons (Fsp3) is 0.360. The zero-order valence-corrected chi connectivity index (χ0v) is 17.4. The average molecular weight is 406 g/mol. The Morgan fingerprint density at radius 3 is 2.67 bits per heavy atom. The highest BCUT2D eigenvalue weighted by molar-refractivity contribution is 5.83. The third-order valence-electron chi connectivity index (χ3n) is 5.54. The van der Waals surface area contributed by atoms with Crippen LogP contribution in [0.3, 0.4) is 0 Å². The number of aryl methyl sites for hydroxylation is 1. The first kappa shape index (κ1) is 20.5. The van der Waals surface area contributed by atoms with Crippen LogP contribution in [0.25, 0.3) is 10.9 Å². The molecule has 0 radical (unpaired) electrons. The van der Waals surface area contributed by atoms with Crippen LogP contribution in [0.1, 0.15) is 31.0 Å². The molecule has 0 spiro atoms. The lowest BCUT2D eigenvalue weighted by Gasteiger charge is -2.23. The average Bonchev–Trinajstić information content (AvgIpc) is 3.13. The molecule has 3 aromatic rings. The summed E-state index contributed by atoms with van der Waals surface area (Å²) >= 11 is 0. The molecular formula is C25H28FN3O. The van der Waals surface area contributed by atoms with Crippen molar-refractivity contribution in [1.29, 1.82) is 0 Å². The summed E-state index contributed by atoms with van der Waals surface area (Å²) in [5.41, 5.74) is 4.38. The highest BCUT2D eigenvalue weighted by atomic mass is 19.1. The minimum absolute atomic E-state index is 0.235. The molecule has 30 heavy (non-hydrogen) atoms. The van der Waals surface area contributed by atoms with E-state index in [1.165, 1.54) is 28.6 Å². The molecule has 0 amide bonds. The number of anilines is 1. The Hall–Kier alpha value is -2.81. The van der Waals surface area contributed by atoms with Gasteiger partial charge < -0.3 is 19.9 Å². The third kappa shape index (κ3) is 5.02. The quantitative estimate of drug-likeness (QED) is 0.592. The highest BCUT2D eigenvalue weighted by Gasteiger charge is 2.13. The second-order valence-electron chi connectivity index (χ2n) is 7.60. The second-order valence-corrected chi connectivity index (χ2v) is 7.60. The van der Waals surface area contributed by atoms with Crippen molar-refractivity contribution in [2.24, 2.45) is 0 Å². The predicted octanol–water partition coefficient (Wildman–Crippen LogP) is 4.53. The van der Waals surface area contributed by atoms with Crippen LogP contribution in [0.2, 0.25) is 0 Å². The second kappa shape index (κ2) is 9.80. The Bertz CT molecular complexity index is 1040. The molecule has 1 fully saturated rings. The van der Waals surface area contributed by atoms with Gasteiger partial charge in [-0.3, -0.25) is 0 Å². The van der Waals surface area contributed by atoms with E-state index < -0.39 is 0 Å². The van der Waals surface area contributed by atoms with Crippen molar-refractivity contribution >= 4 is 16.6 Å². The van der Waals surface area contributed by atoms with Gasteiger partial charge in [0.2, 0.25) is 0 Å². The molecule has 0 aliphatic carbocycles.